The number of aromatic nitrogens is 2. The molecular weight excluding hydrogens is 260 g/mol. The van der Waals surface area contributed by atoms with E-state index in [1.54, 1.807) is 18.5 Å². The quantitative estimate of drug-likeness (QED) is 0.680. The Hall–Kier alpha value is -1.59. The van der Waals surface area contributed by atoms with Gasteiger partial charge in [0.1, 0.15) is 10.2 Å². The lowest BCUT2D eigenvalue weighted by Gasteiger charge is -1.96. The number of nitrogens with zero attached hydrogens (tertiary/aromatic N) is 2. The molecule has 3 rings (SSSR count). The van der Waals surface area contributed by atoms with E-state index in [0.717, 1.165) is 16.1 Å². The van der Waals surface area contributed by atoms with Gasteiger partial charge < -0.3 is 4.42 Å². The van der Waals surface area contributed by atoms with Crippen LogP contribution in [0, 0.1) is 0 Å². The Kier molecular flexibility index (Phi) is 2.31. The van der Waals surface area contributed by atoms with Gasteiger partial charge in [-0.1, -0.05) is 11.6 Å². The number of thiazole rings is 1. The molecule has 0 N–H and O–H groups in total. The Morgan fingerprint density at radius 1 is 1.47 bits per heavy atom. The van der Waals surface area contributed by atoms with Gasteiger partial charge in [-0.3, -0.25) is 4.57 Å². The van der Waals surface area contributed by atoms with E-state index < -0.39 is 0 Å². The number of hydrogen-bond donors (Lipinski definition) is 0. The largest absolute Gasteiger partial charge is 0.419 e. The van der Waals surface area contributed by atoms with Gasteiger partial charge in [0, 0.05) is 18.0 Å². The zero-order valence-corrected chi connectivity index (χ0v) is 10.4. The summed E-state index contributed by atoms with van der Waals surface area (Å²) < 4.78 is 6.59. The van der Waals surface area contributed by atoms with E-state index in [2.05, 4.69) is 4.98 Å². The van der Waals surface area contributed by atoms with Crippen LogP contribution in [0.1, 0.15) is 0 Å². The van der Waals surface area contributed by atoms with Crippen molar-refractivity contribution in [2.45, 2.75) is 0 Å². The highest BCUT2D eigenvalue weighted by Crippen LogP contribution is 2.28. The van der Waals surface area contributed by atoms with Crippen LogP contribution >= 0.6 is 22.9 Å². The standard InChI is InChI=1S/C11H7ClN2O2S/c1-14-7-3-2-6(4-8(7)16-11(14)15)10-13-9(12)5-17-10/h2-5H,1H3. The van der Waals surface area contributed by atoms with Gasteiger partial charge in [-0.2, -0.15) is 0 Å². The van der Waals surface area contributed by atoms with Crippen LogP contribution in [0.5, 0.6) is 0 Å². The number of benzene rings is 1. The van der Waals surface area contributed by atoms with Gasteiger partial charge in [-0.05, 0) is 18.2 Å². The number of aryl methyl sites for hydroxylation is 1. The zero-order chi connectivity index (χ0) is 12.0. The molecule has 0 bridgehead atoms. The molecule has 2 heterocycles. The second-order valence-corrected chi connectivity index (χ2v) is 4.83. The second kappa shape index (κ2) is 3.72. The van der Waals surface area contributed by atoms with E-state index in [9.17, 15) is 4.79 Å². The topological polar surface area (TPSA) is 48.0 Å². The van der Waals surface area contributed by atoms with Crippen molar-refractivity contribution in [1.29, 1.82) is 0 Å². The predicted molar refractivity (Wildman–Crippen MR) is 67.6 cm³/mol. The third-order valence-electron chi connectivity index (χ3n) is 2.52. The van der Waals surface area contributed by atoms with E-state index in [-0.39, 0.29) is 5.76 Å². The Bertz CT molecular complexity index is 756. The molecular formula is C11H7ClN2O2S. The number of rotatable bonds is 1. The average molecular weight is 267 g/mol. The summed E-state index contributed by atoms with van der Waals surface area (Å²) in [6, 6.07) is 5.53. The molecule has 0 spiro atoms. The predicted octanol–water partition coefficient (Wildman–Crippen LogP) is 2.91. The maximum absolute atomic E-state index is 11.4. The first-order chi connectivity index (χ1) is 8.15. The monoisotopic (exact) mass is 266 g/mol. The Morgan fingerprint density at radius 3 is 3.00 bits per heavy atom. The fraction of sp³-hybridized carbons (Fsp3) is 0.0909. The summed E-state index contributed by atoms with van der Waals surface area (Å²) in [7, 11) is 1.67. The summed E-state index contributed by atoms with van der Waals surface area (Å²) in [5.74, 6) is -0.366. The lowest BCUT2D eigenvalue weighted by molar-refractivity contribution is 0.528. The Morgan fingerprint density at radius 2 is 2.29 bits per heavy atom. The number of halogens is 1. The molecule has 0 atom stereocenters. The zero-order valence-electron chi connectivity index (χ0n) is 8.81. The van der Waals surface area contributed by atoms with Crippen molar-refractivity contribution in [3.05, 3.63) is 39.3 Å². The molecule has 0 unspecified atom stereocenters. The van der Waals surface area contributed by atoms with Gasteiger partial charge >= 0.3 is 5.76 Å². The van der Waals surface area contributed by atoms with Crippen LogP contribution in [-0.2, 0) is 7.05 Å². The Labute approximate surface area is 105 Å². The first-order valence-corrected chi connectivity index (χ1v) is 6.12. The van der Waals surface area contributed by atoms with E-state index in [1.807, 2.05) is 12.1 Å². The van der Waals surface area contributed by atoms with Gasteiger partial charge in [0.25, 0.3) is 0 Å². The third-order valence-corrected chi connectivity index (χ3v) is 3.73. The van der Waals surface area contributed by atoms with Crippen molar-refractivity contribution in [2.24, 2.45) is 7.05 Å². The first kappa shape index (κ1) is 10.6. The van der Waals surface area contributed by atoms with Crippen molar-refractivity contribution in [3.63, 3.8) is 0 Å². The van der Waals surface area contributed by atoms with Crippen LogP contribution in [0.25, 0.3) is 21.7 Å². The van der Waals surface area contributed by atoms with Gasteiger partial charge in [-0.25, -0.2) is 9.78 Å². The van der Waals surface area contributed by atoms with E-state index in [0.29, 0.717) is 10.7 Å². The number of hydrogen-bond acceptors (Lipinski definition) is 4. The molecule has 0 fully saturated rings. The normalized spacial score (nSPS) is 11.2. The number of oxazole rings is 1. The Balaban J connectivity index is 2.23. The molecule has 2 aromatic heterocycles. The van der Waals surface area contributed by atoms with E-state index >= 15 is 0 Å². The summed E-state index contributed by atoms with van der Waals surface area (Å²) >= 11 is 7.23. The molecule has 0 aliphatic heterocycles. The summed E-state index contributed by atoms with van der Waals surface area (Å²) in [4.78, 5) is 15.5. The maximum atomic E-state index is 11.4. The summed E-state index contributed by atoms with van der Waals surface area (Å²) in [6.45, 7) is 0. The fourth-order valence-electron chi connectivity index (χ4n) is 1.65. The fourth-order valence-corrected chi connectivity index (χ4v) is 2.60. The van der Waals surface area contributed by atoms with Crippen molar-refractivity contribution in [1.82, 2.24) is 9.55 Å². The van der Waals surface area contributed by atoms with Crippen LogP contribution in [-0.4, -0.2) is 9.55 Å². The molecule has 0 radical (unpaired) electrons. The van der Waals surface area contributed by atoms with Gasteiger partial charge in [-0.15, -0.1) is 11.3 Å². The summed E-state index contributed by atoms with van der Waals surface area (Å²) in [6.07, 6.45) is 0. The lowest BCUT2D eigenvalue weighted by atomic mass is 10.2. The minimum absolute atomic E-state index is 0.366. The highest BCUT2D eigenvalue weighted by atomic mass is 35.5. The molecule has 0 saturated carbocycles. The van der Waals surface area contributed by atoms with Crippen LogP contribution in [0.4, 0.5) is 0 Å². The molecule has 0 saturated heterocycles. The SMILES string of the molecule is Cn1c(=O)oc2cc(-c3nc(Cl)cs3)ccc21. The first-order valence-electron chi connectivity index (χ1n) is 4.86. The number of fused-ring (bicyclic) bond motifs is 1. The molecule has 0 amide bonds. The molecule has 0 aliphatic rings. The van der Waals surface area contributed by atoms with Crippen LogP contribution < -0.4 is 5.76 Å². The molecule has 86 valence electrons. The molecule has 3 aromatic rings. The minimum atomic E-state index is -0.366. The molecule has 0 aliphatic carbocycles. The minimum Gasteiger partial charge on any atom is -0.408 e. The smallest absolute Gasteiger partial charge is 0.408 e. The highest BCUT2D eigenvalue weighted by molar-refractivity contribution is 7.13. The second-order valence-electron chi connectivity index (χ2n) is 3.58. The van der Waals surface area contributed by atoms with Crippen LogP contribution in [0.15, 0.2) is 32.8 Å². The van der Waals surface area contributed by atoms with Crippen molar-refractivity contribution < 1.29 is 4.42 Å². The molecule has 4 nitrogen and oxygen atoms in total. The van der Waals surface area contributed by atoms with Gasteiger partial charge in [0.2, 0.25) is 0 Å². The lowest BCUT2D eigenvalue weighted by Crippen LogP contribution is -2.08. The summed E-state index contributed by atoms with van der Waals surface area (Å²) in [5, 5.41) is 3.05. The van der Waals surface area contributed by atoms with Crippen LogP contribution in [0.3, 0.4) is 0 Å². The molecule has 17 heavy (non-hydrogen) atoms. The van der Waals surface area contributed by atoms with Crippen LogP contribution in [0.2, 0.25) is 5.15 Å². The highest BCUT2D eigenvalue weighted by Gasteiger charge is 2.09. The van der Waals surface area contributed by atoms with Gasteiger partial charge in [0.05, 0.1) is 5.52 Å². The molecule has 6 heteroatoms. The molecule has 1 aromatic carbocycles. The maximum Gasteiger partial charge on any atom is 0.419 e. The average Bonchev–Trinajstić information content (AvgIpc) is 2.85. The van der Waals surface area contributed by atoms with Gasteiger partial charge in [0.15, 0.2) is 5.58 Å². The van der Waals surface area contributed by atoms with Crippen molar-refractivity contribution in [2.75, 3.05) is 0 Å². The van der Waals surface area contributed by atoms with E-state index in [1.165, 1.54) is 15.9 Å². The summed E-state index contributed by atoms with van der Waals surface area (Å²) in [5.41, 5.74) is 2.21. The van der Waals surface area contributed by atoms with Crippen molar-refractivity contribution in [3.8, 4) is 10.6 Å². The van der Waals surface area contributed by atoms with E-state index in [4.69, 9.17) is 16.0 Å². The van der Waals surface area contributed by atoms with Crippen molar-refractivity contribution >= 4 is 34.0 Å². The third kappa shape index (κ3) is 1.67.